The van der Waals surface area contributed by atoms with E-state index >= 15 is 0 Å². The fraction of sp³-hybridized carbons (Fsp3) is 0.900. The van der Waals surface area contributed by atoms with Crippen molar-refractivity contribution in [3.63, 3.8) is 0 Å². The van der Waals surface area contributed by atoms with Crippen molar-refractivity contribution in [2.45, 2.75) is 39.3 Å². The summed E-state index contributed by atoms with van der Waals surface area (Å²) >= 11 is 0. The van der Waals surface area contributed by atoms with Crippen molar-refractivity contribution in [1.82, 2.24) is 5.32 Å². The molecule has 0 radical (unpaired) electrons. The first kappa shape index (κ1) is 13.4. The van der Waals surface area contributed by atoms with Gasteiger partial charge < -0.3 is 15.8 Å². The fourth-order valence-electron chi connectivity index (χ4n) is 1.12. The van der Waals surface area contributed by atoms with Crippen LogP contribution in [0.3, 0.4) is 0 Å². The molecular weight excluding hydrogens is 180 g/mol. The van der Waals surface area contributed by atoms with Crippen LogP contribution in [0.5, 0.6) is 0 Å². The maximum Gasteiger partial charge on any atom is 0.237 e. The summed E-state index contributed by atoms with van der Waals surface area (Å²) in [5.74, 6) is 0.0235. The van der Waals surface area contributed by atoms with E-state index in [0.29, 0.717) is 6.61 Å². The molecule has 0 bridgehead atoms. The molecule has 0 aliphatic carbocycles. The van der Waals surface area contributed by atoms with E-state index in [9.17, 15) is 4.79 Å². The Balaban J connectivity index is 4.17. The number of methoxy groups -OCH3 is 1. The molecule has 1 amide bonds. The van der Waals surface area contributed by atoms with Crippen LogP contribution in [0.2, 0.25) is 0 Å². The van der Waals surface area contributed by atoms with Gasteiger partial charge in [0.2, 0.25) is 5.91 Å². The van der Waals surface area contributed by atoms with Gasteiger partial charge in [-0.25, -0.2) is 0 Å². The molecule has 0 aliphatic heterocycles. The van der Waals surface area contributed by atoms with Crippen molar-refractivity contribution < 1.29 is 9.53 Å². The van der Waals surface area contributed by atoms with Crippen LogP contribution >= 0.6 is 0 Å². The fourth-order valence-corrected chi connectivity index (χ4v) is 1.12. The molecule has 1 unspecified atom stereocenters. The van der Waals surface area contributed by atoms with Gasteiger partial charge >= 0.3 is 0 Å². The molecular formula is C10H22N2O2. The molecule has 4 heteroatoms. The highest BCUT2D eigenvalue weighted by atomic mass is 16.5. The summed E-state index contributed by atoms with van der Waals surface area (Å²) in [5, 5.41) is 2.85. The largest absolute Gasteiger partial charge is 0.382 e. The van der Waals surface area contributed by atoms with Crippen molar-refractivity contribution in [2.75, 3.05) is 13.7 Å². The lowest BCUT2D eigenvalue weighted by Gasteiger charge is -2.27. The maximum atomic E-state index is 11.6. The molecule has 0 aromatic carbocycles. The van der Waals surface area contributed by atoms with E-state index < -0.39 is 6.04 Å². The molecule has 0 saturated carbocycles. The van der Waals surface area contributed by atoms with E-state index in [4.69, 9.17) is 10.5 Å². The monoisotopic (exact) mass is 202 g/mol. The quantitative estimate of drug-likeness (QED) is 0.682. The lowest BCUT2D eigenvalue weighted by molar-refractivity contribution is -0.125. The van der Waals surface area contributed by atoms with Gasteiger partial charge in [0.1, 0.15) is 0 Å². The van der Waals surface area contributed by atoms with Gasteiger partial charge in [-0.15, -0.1) is 0 Å². The number of ether oxygens (including phenoxy) is 1. The minimum atomic E-state index is -0.453. The first-order chi connectivity index (χ1) is 6.30. The highest BCUT2D eigenvalue weighted by molar-refractivity contribution is 5.82. The summed E-state index contributed by atoms with van der Waals surface area (Å²) < 4.78 is 4.99. The zero-order valence-corrected chi connectivity index (χ0v) is 9.76. The third kappa shape index (κ3) is 4.58. The van der Waals surface area contributed by atoms with Gasteiger partial charge in [-0.2, -0.15) is 0 Å². The number of nitrogens with one attached hydrogen (secondary N) is 1. The van der Waals surface area contributed by atoms with Gasteiger partial charge in [-0.05, 0) is 19.8 Å². The normalized spacial score (nSPS) is 14.2. The Morgan fingerprint density at radius 3 is 2.36 bits per heavy atom. The molecule has 84 valence electrons. The van der Waals surface area contributed by atoms with Crippen LogP contribution < -0.4 is 11.1 Å². The summed E-state index contributed by atoms with van der Waals surface area (Å²) in [6, 6.07) is -0.453. The number of rotatable bonds is 5. The third-order valence-corrected chi connectivity index (χ3v) is 1.99. The average Bonchev–Trinajstić information content (AvgIpc) is 2.01. The van der Waals surface area contributed by atoms with E-state index in [-0.39, 0.29) is 17.4 Å². The molecule has 4 nitrogen and oxygen atoms in total. The van der Waals surface area contributed by atoms with Crippen molar-refractivity contribution >= 4 is 5.91 Å². The van der Waals surface area contributed by atoms with Crippen LogP contribution in [0, 0.1) is 5.92 Å². The number of carbonyl (C=O) groups is 1. The van der Waals surface area contributed by atoms with Crippen molar-refractivity contribution in [2.24, 2.45) is 11.7 Å². The lowest BCUT2D eigenvalue weighted by atomic mass is 10.0. The summed E-state index contributed by atoms with van der Waals surface area (Å²) in [6.45, 7) is 8.13. The molecule has 3 N–H and O–H groups in total. The third-order valence-electron chi connectivity index (χ3n) is 1.99. The second kappa shape index (κ2) is 5.32. The molecule has 0 aromatic heterocycles. The van der Waals surface area contributed by atoms with Crippen molar-refractivity contribution in [3.05, 3.63) is 0 Å². The topological polar surface area (TPSA) is 64.3 Å². The number of carbonyl (C=O) groups excluding carboxylic acids is 1. The number of hydrogen-bond donors (Lipinski definition) is 2. The minimum Gasteiger partial charge on any atom is -0.382 e. The number of nitrogens with two attached hydrogens (primary N) is 1. The van der Waals surface area contributed by atoms with E-state index in [1.165, 1.54) is 0 Å². The van der Waals surface area contributed by atoms with Crippen LogP contribution in [-0.4, -0.2) is 31.2 Å². The van der Waals surface area contributed by atoms with Crippen LogP contribution in [0.15, 0.2) is 0 Å². The predicted octanol–water partition coefficient (Wildman–Crippen LogP) is 0.511. The molecule has 0 fully saturated rings. The Kier molecular flexibility index (Phi) is 5.08. The first-order valence-corrected chi connectivity index (χ1v) is 4.86. The van der Waals surface area contributed by atoms with E-state index in [2.05, 4.69) is 5.32 Å². The predicted molar refractivity (Wildman–Crippen MR) is 56.9 cm³/mol. The Morgan fingerprint density at radius 2 is 2.00 bits per heavy atom. The summed E-state index contributed by atoms with van der Waals surface area (Å²) in [4.78, 5) is 11.6. The highest BCUT2D eigenvalue weighted by Gasteiger charge is 2.25. The maximum absolute atomic E-state index is 11.6. The molecule has 0 saturated heterocycles. The van der Waals surface area contributed by atoms with E-state index in [1.807, 2.05) is 27.7 Å². The van der Waals surface area contributed by atoms with Gasteiger partial charge in [0, 0.05) is 7.11 Å². The number of hydrogen-bond acceptors (Lipinski definition) is 3. The van der Waals surface area contributed by atoms with Crippen LogP contribution in [-0.2, 0) is 9.53 Å². The molecule has 0 heterocycles. The minimum absolute atomic E-state index is 0.123. The zero-order chi connectivity index (χ0) is 11.4. The Morgan fingerprint density at radius 1 is 1.50 bits per heavy atom. The summed E-state index contributed by atoms with van der Waals surface area (Å²) in [5.41, 5.74) is 5.35. The van der Waals surface area contributed by atoms with E-state index in [1.54, 1.807) is 7.11 Å². The van der Waals surface area contributed by atoms with Gasteiger partial charge in [0.15, 0.2) is 0 Å². The molecule has 0 aliphatic rings. The van der Waals surface area contributed by atoms with Gasteiger partial charge in [-0.3, -0.25) is 4.79 Å². The molecule has 14 heavy (non-hydrogen) atoms. The lowest BCUT2D eigenvalue weighted by Crippen LogP contribution is -2.54. The van der Waals surface area contributed by atoms with Gasteiger partial charge in [-0.1, -0.05) is 13.8 Å². The molecule has 0 rings (SSSR count). The zero-order valence-electron chi connectivity index (χ0n) is 9.76. The smallest absolute Gasteiger partial charge is 0.237 e. The molecule has 0 spiro atoms. The standard InChI is InChI=1S/C10H22N2O2/c1-7(2)8(11)9(13)12-10(3,4)6-14-5/h7-8H,6,11H2,1-5H3,(H,12,13). The summed E-state index contributed by atoms with van der Waals surface area (Å²) in [6.07, 6.45) is 0. The Bertz CT molecular complexity index is 191. The van der Waals surface area contributed by atoms with Crippen LogP contribution in [0.1, 0.15) is 27.7 Å². The summed E-state index contributed by atoms with van der Waals surface area (Å²) in [7, 11) is 1.61. The van der Waals surface area contributed by atoms with E-state index in [0.717, 1.165) is 0 Å². The van der Waals surface area contributed by atoms with Crippen LogP contribution in [0.25, 0.3) is 0 Å². The van der Waals surface area contributed by atoms with Crippen LogP contribution in [0.4, 0.5) is 0 Å². The Hall–Kier alpha value is -0.610. The molecule has 0 aromatic rings. The second-order valence-corrected chi connectivity index (χ2v) is 4.58. The number of amides is 1. The van der Waals surface area contributed by atoms with Gasteiger partial charge in [0.05, 0.1) is 18.2 Å². The van der Waals surface area contributed by atoms with Crippen molar-refractivity contribution in [3.8, 4) is 0 Å². The first-order valence-electron chi connectivity index (χ1n) is 4.86. The average molecular weight is 202 g/mol. The SMILES string of the molecule is COCC(C)(C)NC(=O)C(N)C(C)C. The molecule has 1 atom stereocenters. The second-order valence-electron chi connectivity index (χ2n) is 4.58. The van der Waals surface area contributed by atoms with Crippen molar-refractivity contribution in [1.29, 1.82) is 0 Å². The Labute approximate surface area is 86.2 Å². The highest BCUT2D eigenvalue weighted by Crippen LogP contribution is 2.05. The van der Waals surface area contributed by atoms with Gasteiger partial charge in [0.25, 0.3) is 0 Å².